The van der Waals surface area contributed by atoms with Crippen molar-refractivity contribution in [2.45, 2.75) is 73.1 Å². The minimum Gasteiger partial charge on any atom is -0.302 e. The van der Waals surface area contributed by atoms with Crippen LogP contribution in [0.2, 0.25) is 0 Å². The van der Waals surface area contributed by atoms with E-state index in [0.717, 1.165) is 44.1 Å². The number of rotatable bonds is 14. The minimum absolute atomic E-state index is 0.265. The van der Waals surface area contributed by atoms with Crippen LogP contribution in [0.25, 0.3) is 0 Å². The maximum atomic E-state index is 11.3. The summed E-state index contributed by atoms with van der Waals surface area (Å²) >= 11 is 0. The molecule has 1 unspecified atom stereocenters. The van der Waals surface area contributed by atoms with Crippen LogP contribution in [0.4, 0.5) is 0 Å². The molecule has 0 aliphatic rings. The number of hydrogen-bond donors (Lipinski definition) is 3. The molecule has 29 heavy (non-hydrogen) atoms. The van der Waals surface area contributed by atoms with Gasteiger partial charge in [-0.1, -0.05) is 46.6 Å². The molecule has 0 aromatic rings. The Kier molecular flexibility index (Phi) is 13.9. The zero-order valence-corrected chi connectivity index (χ0v) is 19.9. The van der Waals surface area contributed by atoms with Crippen molar-refractivity contribution in [3.63, 3.8) is 0 Å². The molecule has 0 spiro atoms. The summed E-state index contributed by atoms with van der Waals surface area (Å²) in [6.07, 6.45) is 14.1. The molecule has 7 nitrogen and oxygen atoms in total. The Morgan fingerprint density at radius 1 is 0.724 bits per heavy atom. The molecule has 0 radical (unpaired) electrons. The quantitative estimate of drug-likeness (QED) is 0.208. The highest BCUT2D eigenvalue weighted by molar-refractivity contribution is 7.60. The van der Waals surface area contributed by atoms with E-state index in [1.54, 1.807) is 6.08 Å². The standard InChI is InChI=1S/C20H36O7P2/c1-17(2)9-6-10-18(3)11-7-12-19(4)13-8-14-20(5)15-16-26-29(24,25)27-28(21,22)23/h9,11,13,15H,6-8,10,12,14,16H2,1-5H3,(H,24,25)(H2,21,22,23)/b18-11+,19-13+,20-15+. The lowest BCUT2D eigenvalue weighted by atomic mass is 10.0. The van der Waals surface area contributed by atoms with Gasteiger partial charge in [0.15, 0.2) is 0 Å². The smallest absolute Gasteiger partial charge is 0.302 e. The average molecular weight is 450 g/mol. The second kappa shape index (κ2) is 14.3. The zero-order chi connectivity index (χ0) is 22.5. The molecule has 0 amide bonds. The number of phosphoric ester groups is 1. The molecule has 0 saturated heterocycles. The number of allylic oxidation sites excluding steroid dienone is 7. The summed E-state index contributed by atoms with van der Waals surface area (Å²) in [5, 5.41) is 0. The van der Waals surface area contributed by atoms with E-state index >= 15 is 0 Å². The molecule has 168 valence electrons. The predicted octanol–water partition coefficient (Wildman–Crippen LogP) is 6.36. The van der Waals surface area contributed by atoms with Crippen LogP contribution in [0.1, 0.15) is 73.1 Å². The van der Waals surface area contributed by atoms with Gasteiger partial charge in [-0.2, -0.15) is 4.31 Å². The fourth-order valence-electron chi connectivity index (χ4n) is 2.42. The highest BCUT2D eigenvalue weighted by Gasteiger charge is 2.31. The molecule has 3 N–H and O–H groups in total. The Morgan fingerprint density at radius 2 is 1.14 bits per heavy atom. The first-order chi connectivity index (χ1) is 13.3. The predicted molar refractivity (Wildman–Crippen MR) is 117 cm³/mol. The van der Waals surface area contributed by atoms with Crippen LogP contribution in [0.5, 0.6) is 0 Å². The van der Waals surface area contributed by atoms with Crippen molar-refractivity contribution in [1.82, 2.24) is 0 Å². The van der Waals surface area contributed by atoms with Crippen LogP contribution in [0.3, 0.4) is 0 Å². The third-order valence-electron chi connectivity index (χ3n) is 4.03. The first-order valence-corrected chi connectivity index (χ1v) is 12.7. The van der Waals surface area contributed by atoms with Crippen LogP contribution in [0, 0.1) is 0 Å². The van der Waals surface area contributed by atoms with Gasteiger partial charge in [-0.3, -0.25) is 4.52 Å². The summed E-state index contributed by atoms with van der Waals surface area (Å²) in [7, 11) is -9.85. The van der Waals surface area contributed by atoms with Crippen LogP contribution < -0.4 is 0 Å². The van der Waals surface area contributed by atoms with Gasteiger partial charge in [-0.15, -0.1) is 0 Å². The third-order valence-corrected chi connectivity index (χ3v) is 6.18. The molecule has 0 aliphatic carbocycles. The molecule has 0 aromatic carbocycles. The highest BCUT2D eigenvalue weighted by Crippen LogP contribution is 2.57. The molecule has 0 bridgehead atoms. The normalized spacial score (nSPS) is 15.9. The van der Waals surface area contributed by atoms with Gasteiger partial charge < -0.3 is 14.7 Å². The van der Waals surface area contributed by atoms with E-state index in [1.807, 2.05) is 6.92 Å². The van der Waals surface area contributed by atoms with Crippen molar-refractivity contribution in [3.8, 4) is 0 Å². The van der Waals surface area contributed by atoms with Crippen molar-refractivity contribution in [2.24, 2.45) is 0 Å². The summed E-state index contributed by atoms with van der Waals surface area (Å²) in [5.74, 6) is 0. The first kappa shape index (κ1) is 28.2. The molecule has 0 heterocycles. The number of phosphoric acid groups is 2. The van der Waals surface area contributed by atoms with E-state index in [2.05, 4.69) is 54.8 Å². The maximum absolute atomic E-state index is 11.3. The van der Waals surface area contributed by atoms with Gasteiger partial charge >= 0.3 is 15.6 Å². The van der Waals surface area contributed by atoms with Gasteiger partial charge in [0.25, 0.3) is 0 Å². The van der Waals surface area contributed by atoms with E-state index in [-0.39, 0.29) is 6.61 Å². The minimum atomic E-state index is -5.08. The molecule has 0 aromatic heterocycles. The monoisotopic (exact) mass is 450 g/mol. The Morgan fingerprint density at radius 3 is 1.55 bits per heavy atom. The molecule has 9 heteroatoms. The van der Waals surface area contributed by atoms with Crippen molar-refractivity contribution < 1.29 is 32.6 Å². The van der Waals surface area contributed by atoms with E-state index in [9.17, 15) is 14.0 Å². The van der Waals surface area contributed by atoms with E-state index < -0.39 is 15.6 Å². The van der Waals surface area contributed by atoms with Gasteiger partial charge in [0.1, 0.15) is 0 Å². The van der Waals surface area contributed by atoms with Crippen molar-refractivity contribution >= 4 is 15.6 Å². The Balaban J connectivity index is 4.20. The van der Waals surface area contributed by atoms with Gasteiger partial charge in [-0.05, 0) is 73.1 Å². The molecule has 0 rings (SSSR count). The molecular weight excluding hydrogens is 414 g/mol. The zero-order valence-electron chi connectivity index (χ0n) is 18.1. The third kappa shape index (κ3) is 19.0. The van der Waals surface area contributed by atoms with Crippen LogP contribution in [0.15, 0.2) is 46.6 Å². The van der Waals surface area contributed by atoms with Gasteiger partial charge in [0, 0.05) is 0 Å². The van der Waals surface area contributed by atoms with Crippen LogP contribution >= 0.6 is 15.6 Å². The fourth-order valence-corrected chi connectivity index (χ4v) is 3.95. The molecule has 0 fully saturated rings. The second-order valence-electron chi connectivity index (χ2n) is 7.39. The Hall–Kier alpha value is -0.780. The Bertz CT molecular complexity index is 710. The topological polar surface area (TPSA) is 113 Å². The summed E-state index contributed by atoms with van der Waals surface area (Å²) in [4.78, 5) is 26.2. The van der Waals surface area contributed by atoms with Crippen LogP contribution in [-0.2, 0) is 18.0 Å². The second-order valence-corrected chi connectivity index (χ2v) is 10.2. The lowest BCUT2D eigenvalue weighted by Crippen LogP contribution is -1.94. The van der Waals surface area contributed by atoms with Crippen molar-refractivity contribution in [1.29, 1.82) is 0 Å². The van der Waals surface area contributed by atoms with Gasteiger partial charge in [-0.25, -0.2) is 9.13 Å². The van der Waals surface area contributed by atoms with Gasteiger partial charge in [0.05, 0.1) is 6.61 Å². The van der Waals surface area contributed by atoms with Gasteiger partial charge in [0.2, 0.25) is 0 Å². The first-order valence-electron chi connectivity index (χ1n) is 9.65. The Labute approximate surface area is 175 Å². The fraction of sp³-hybridized carbons (Fsp3) is 0.600. The van der Waals surface area contributed by atoms with E-state index in [1.165, 1.54) is 16.7 Å². The summed E-state index contributed by atoms with van der Waals surface area (Å²) in [6, 6.07) is 0. The van der Waals surface area contributed by atoms with Crippen LogP contribution in [-0.4, -0.2) is 21.3 Å². The van der Waals surface area contributed by atoms with E-state index in [4.69, 9.17) is 9.79 Å². The molecule has 0 saturated carbocycles. The summed E-state index contributed by atoms with van der Waals surface area (Å²) < 4.78 is 30.1. The maximum Gasteiger partial charge on any atom is 0.481 e. The molecular formula is C20H36O7P2. The van der Waals surface area contributed by atoms with Crippen molar-refractivity contribution in [3.05, 3.63) is 46.6 Å². The molecule has 0 aliphatic heterocycles. The summed E-state index contributed by atoms with van der Waals surface area (Å²) in [5.41, 5.74) is 5.03. The SMILES string of the molecule is CC(C)=CCC/C(C)=C/CC/C(C)=C/CC/C(C)=C/COP(=O)(O)OP(=O)(O)O. The largest absolute Gasteiger partial charge is 0.481 e. The highest BCUT2D eigenvalue weighted by atomic mass is 31.3. The average Bonchev–Trinajstić information content (AvgIpc) is 2.51. The summed E-state index contributed by atoms with van der Waals surface area (Å²) in [6.45, 7) is 10.1. The lowest BCUT2D eigenvalue weighted by molar-refractivity contribution is 0.191. The molecule has 1 atom stereocenters. The van der Waals surface area contributed by atoms with E-state index in [0.29, 0.717) is 0 Å². The lowest BCUT2D eigenvalue weighted by Gasteiger charge is -2.11. The van der Waals surface area contributed by atoms with Crippen molar-refractivity contribution in [2.75, 3.05) is 6.61 Å². The number of hydrogen-bond acceptors (Lipinski definition) is 4.